The number of hydrogen-bond acceptors (Lipinski definition) is 5. The zero-order chi connectivity index (χ0) is 32.5. The number of carbonyl (C=O) groups excluding carboxylic acids is 2. The van der Waals surface area contributed by atoms with Gasteiger partial charge in [0.15, 0.2) is 0 Å². The molecule has 3 N–H and O–H groups in total. The third kappa shape index (κ3) is 6.67. The summed E-state index contributed by atoms with van der Waals surface area (Å²) in [7, 11) is 0. The zero-order valence-corrected chi connectivity index (χ0v) is 28.1. The van der Waals surface area contributed by atoms with Crippen LogP contribution in [-0.4, -0.2) is 40.3 Å². The minimum atomic E-state index is -0.739. The summed E-state index contributed by atoms with van der Waals surface area (Å²) in [6, 6.07) is 18.6. The fraction of sp³-hybridized carbons (Fsp3) is 0.650. The highest BCUT2D eigenvalue weighted by Gasteiger charge is 2.62. The standard InChI is InChI=1S/C40H55NO5/c1-26(14-17-36(44)41-34(22-27-10-6-4-7-11-27)38(45)46-25-28-12-8-5-9-13-28)31-15-16-32-37-33(19-21-40(31,32)3)39(2)20-18-30(42)23-29(39)24-35(37)43/h4-13,26,29-35,37,42-43H,14-25H2,1-3H3,(H,41,44)/t26-,29+,30-,31-,32+,33+,34+,35+,37+,39+,40-/m1/s1. The molecular formula is C40H55NO5. The van der Waals surface area contributed by atoms with E-state index in [1.165, 1.54) is 6.42 Å². The fourth-order valence-corrected chi connectivity index (χ4v) is 10.9. The van der Waals surface area contributed by atoms with Crippen molar-refractivity contribution in [3.8, 4) is 0 Å². The van der Waals surface area contributed by atoms with Gasteiger partial charge >= 0.3 is 5.97 Å². The molecule has 4 fully saturated rings. The molecule has 4 aliphatic rings. The molecule has 0 spiro atoms. The SMILES string of the molecule is C[C@H](CCC(=O)N[C@@H](Cc1ccccc1)C(=O)OCc1ccccc1)[C@H]1CC[C@H]2[C@@H]3[C@@H](O)C[C@@H]4C[C@H](O)CC[C@]4(C)[C@H]3CC[C@]12C. The predicted molar refractivity (Wildman–Crippen MR) is 179 cm³/mol. The van der Waals surface area contributed by atoms with Gasteiger partial charge in [0.2, 0.25) is 5.91 Å². The molecule has 0 heterocycles. The number of aliphatic hydroxyl groups is 2. The average molecular weight is 630 g/mol. The van der Waals surface area contributed by atoms with Gasteiger partial charge in [0, 0.05) is 12.8 Å². The van der Waals surface area contributed by atoms with Crippen LogP contribution in [0.15, 0.2) is 60.7 Å². The number of amides is 1. The Labute approximate surface area is 275 Å². The molecule has 4 aliphatic carbocycles. The van der Waals surface area contributed by atoms with Gasteiger partial charge in [-0.15, -0.1) is 0 Å². The van der Waals surface area contributed by atoms with E-state index in [2.05, 4.69) is 26.1 Å². The van der Waals surface area contributed by atoms with Crippen molar-refractivity contribution in [1.82, 2.24) is 5.32 Å². The summed E-state index contributed by atoms with van der Waals surface area (Å²) in [5.41, 5.74) is 2.30. The van der Waals surface area contributed by atoms with Crippen LogP contribution in [0.4, 0.5) is 0 Å². The lowest BCUT2D eigenvalue weighted by molar-refractivity contribution is -0.174. The van der Waals surface area contributed by atoms with Crippen LogP contribution in [0.1, 0.15) is 96.1 Å². The van der Waals surface area contributed by atoms with Crippen molar-refractivity contribution in [2.24, 2.45) is 46.3 Å². The van der Waals surface area contributed by atoms with Gasteiger partial charge in [0.25, 0.3) is 0 Å². The van der Waals surface area contributed by atoms with Crippen LogP contribution in [0.3, 0.4) is 0 Å². The summed E-state index contributed by atoms with van der Waals surface area (Å²) in [6.07, 6.45) is 9.38. The van der Waals surface area contributed by atoms with E-state index in [9.17, 15) is 19.8 Å². The number of hydrogen-bond donors (Lipinski definition) is 3. The van der Waals surface area contributed by atoms with E-state index in [1.807, 2.05) is 60.7 Å². The lowest BCUT2D eigenvalue weighted by Gasteiger charge is -2.62. The normalized spacial score (nSPS) is 36.4. The molecule has 6 heteroatoms. The molecule has 0 radical (unpaired) electrons. The molecule has 0 bridgehead atoms. The summed E-state index contributed by atoms with van der Waals surface area (Å²) in [5.74, 6) is 2.21. The maximum absolute atomic E-state index is 13.4. The monoisotopic (exact) mass is 629 g/mol. The lowest BCUT2D eigenvalue weighted by Crippen LogP contribution is -2.58. The van der Waals surface area contributed by atoms with Crippen molar-refractivity contribution in [3.63, 3.8) is 0 Å². The Morgan fingerprint density at radius 1 is 0.870 bits per heavy atom. The minimum Gasteiger partial charge on any atom is -0.459 e. The molecule has 6 nitrogen and oxygen atoms in total. The van der Waals surface area contributed by atoms with E-state index >= 15 is 0 Å². The van der Waals surface area contributed by atoms with Crippen molar-refractivity contribution in [2.75, 3.05) is 0 Å². The maximum Gasteiger partial charge on any atom is 0.329 e. The van der Waals surface area contributed by atoms with Gasteiger partial charge in [-0.25, -0.2) is 4.79 Å². The van der Waals surface area contributed by atoms with E-state index in [-0.39, 0.29) is 35.6 Å². The molecule has 0 aromatic heterocycles. The van der Waals surface area contributed by atoms with Crippen LogP contribution in [0.5, 0.6) is 0 Å². The molecule has 2 aromatic carbocycles. The van der Waals surface area contributed by atoms with Gasteiger partial charge in [0.05, 0.1) is 12.2 Å². The van der Waals surface area contributed by atoms with Gasteiger partial charge < -0.3 is 20.3 Å². The Morgan fingerprint density at radius 3 is 2.24 bits per heavy atom. The van der Waals surface area contributed by atoms with Crippen LogP contribution in [0.2, 0.25) is 0 Å². The summed E-state index contributed by atoms with van der Waals surface area (Å²) in [4.78, 5) is 26.6. The first-order valence-electron chi connectivity index (χ1n) is 18.0. The van der Waals surface area contributed by atoms with Gasteiger partial charge in [0.1, 0.15) is 12.6 Å². The van der Waals surface area contributed by atoms with Gasteiger partial charge in [-0.2, -0.15) is 0 Å². The number of esters is 1. The first-order chi connectivity index (χ1) is 22.1. The lowest BCUT2D eigenvalue weighted by atomic mass is 9.43. The summed E-state index contributed by atoms with van der Waals surface area (Å²) in [6.45, 7) is 7.43. The summed E-state index contributed by atoms with van der Waals surface area (Å²) >= 11 is 0. The fourth-order valence-electron chi connectivity index (χ4n) is 10.9. The van der Waals surface area contributed by atoms with Crippen molar-refractivity contribution in [2.45, 2.75) is 116 Å². The highest BCUT2D eigenvalue weighted by Crippen LogP contribution is 2.68. The molecule has 1 amide bonds. The van der Waals surface area contributed by atoms with E-state index in [1.54, 1.807) is 0 Å². The smallest absolute Gasteiger partial charge is 0.329 e. The summed E-state index contributed by atoms with van der Waals surface area (Å²) in [5, 5.41) is 25.0. The van der Waals surface area contributed by atoms with Gasteiger partial charge in [-0.05, 0) is 115 Å². The van der Waals surface area contributed by atoms with Gasteiger partial charge in [-0.3, -0.25) is 4.79 Å². The Kier molecular flexibility index (Phi) is 9.97. The molecule has 11 atom stereocenters. The second-order valence-electron chi connectivity index (χ2n) is 15.9. The third-order valence-electron chi connectivity index (χ3n) is 13.4. The summed E-state index contributed by atoms with van der Waals surface area (Å²) < 4.78 is 5.65. The van der Waals surface area contributed by atoms with Gasteiger partial charge in [-0.1, -0.05) is 81.4 Å². The molecular weight excluding hydrogens is 574 g/mol. The van der Waals surface area contributed by atoms with Crippen molar-refractivity contribution >= 4 is 11.9 Å². The average Bonchev–Trinajstić information content (AvgIpc) is 3.41. The number of rotatable bonds is 10. The van der Waals surface area contributed by atoms with E-state index < -0.39 is 12.0 Å². The largest absolute Gasteiger partial charge is 0.459 e. The second-order valence-corrected chi connectivity index (χ2v) is 15.9. The number of aliphatic hydroxyl groups excluding tert-OH is 2. The van der Waals surface area contributed by atoms with Crippen LogP contribution in [-0.2, 0) is 27.4 Å². The second kappa shape index (κ2) is 13.8. The maximum atomic E-state index is 13.4. The number of fused-ring (bicyclic) bond motifs is 5. The molecule has 46 heavy (non-hydrogen) atoms. The predicted octanol–water partition coefficient (Wildman–Crippen LogP) is 6.86. The Balaban J connectivity index is 1.07. The molecule has 2 aromatic rings. The van der Waals surface area contributed by atoms with Crippen molar-refractivity contribution in [3.05, 3.63) is 71.8 Å². The minimum absolute atomic E-state index is 0.103. The molecule has 6 rings (SSSR count). The van der Waals surface area contributed by atoms with E-state index in [0.29, 0.717) is 48.3 Å². The molecule has 0 saturated heterocycles. The molecule has 0 unspecified atom stereocenters. The van der Waals surface area contributed by atoms with Crippen molar-refractivity contribution in [1.29, 1.82) is 0 Å². The van der Waals surface area contributed by atoms with E-state index in [0.717, 1.165) is 62.5 Å². The Hall–Kier alpha value is -2.70. The van der Waals surface area contributed by atoms with Crippen LogP contribution in [0, 0.1) is 46.3 Å². The van der Waals surface area contributed by atoms with Crippen LogP contribution in [0.25, 0.3) is 0 Å². The van der Waals surface area contributed by atoms with Crippen LogP contribution < -0.4 is 5.32 Å². The number of nitrogens with one attached hydrogen (secondary N) is 1. The number of carbonyl (C=O) groups is 2. The van der Waals surface area contributed by atoms with Crippen molar-refractivity contribution < 1.29 is 24.5 Å². The highest BCUT2D eigenvalue weighted by molar-refractivity contribution is 5.84. The Morgan fingerprint density at radius 2 is 1.52 bits per heavy atom. The molecule has 250 valence electrons. The third-order valence-corrected chi connectivity index (χ3v) is 13.4. The van der Waals surface area contributed by atoms with E-state index in [4.69, 9.17) is 4.74 Å². The van der Waals surface area contributed by atoms with Crippen LogP contribution >= 0.6 is 0 Å². The topological polar surface area (TPSA) is 95.9 Å². The quantitative estimate of drug-likeness (QED) is 0.250. The Bertz CT molecular complexity index is 1330. The first kappa shape index (κ1) is 33.2. The zero-order valence-electron chi connectivity index (χ0n) is 28.1. The number of ether oxygens (including phenoxy) is 1. The number of benzene rings is 2. The molecule has 0 aliphatic heterocycles. The molecule has 4 saturated carbocycles. The first-order valence-corrected chi connectivity index (χ1v) is 18.0. The highest BCUT2D eigenvalue weighted by atomic mass is 16.5.